The van der Waals surface area contributed by atoms with Crippen molar-refractivity contribution in [2.45, 2.75) is 12.2 Å². The van der Waals surface area contributed by atoms with Crippen LogP contribution in [0.15, 0.2) is 0 Å². The van der Waals surface area contributed by atoms with E-state index in [1.807, 2.05) is 0 Å². The summed E-state index contributed by atoms with van der Waals surface area (Å²) in [7, 11) is 0. The minimum absolute atomic E-state index is 0.279. The van der Waals surface area contributed by atoms with Gasteiger partial charge in [0.1, 0.15) is 0 Å². The smallest absolute Gasteiger partial charge is 0.0894 e. The predicted octanol–water partition coefficient (Wildman–Crippen LogP) is -1.23. The molecule has 0 bridgehead atoms. The molecule has 0 unspecified atom stereocenters. The summed E-state index contributed by atoms with van der Waals surface area (Å²) in [5, 5.41) is 17.5. The van der Waals surface area contributed by atoms with E-state index in [0.29, 0.717) is 26.2 Å². The van der Waals surface area contributed by atoms with Crippen LogP contribution >= 0.6 is 63.1 Å². The molecule has 0 radical (unpaired) electrons. The Morgan fingerprint density at radius 3 is 1.00 bits per heavy atom. The highest BCUT2D eigenvalue weighted by atomic mass is 32.1. The van der Waals surface area contributed by atoms with Crippen LogP contribution in [-0.4, -0.2) is 77.4 Å². The molecule has 0 aliphatic rings. The maximum Gasteiger partial charge on any atom is 0.0894 e. The first-order chi connectivity index (χ1) is 11.4. The second-order valence-electron chi connectivity index (χ2n) is 3.44. The van der Waals surface area contributed by atoms with Gasteiger partial charge in [-0.05, 0) is 11.5 Å². The molecule has 0 amide bonds. The van der Waals surface area contributed by atoms with Gasteiger partial charge in [-0.1, -0.05) is 5.92 Å². The van der Waals surface area contributed by atoms with E-state index >= 15 is 0 Å². The molecular weight excluding hydrogens is 405 g/mol. The number of nitrogens with two attached hydrogens (primary N) is 4. The maximum absolute atomic E-state index is 8.75. The summed E-state index contributed by atoms with van der Waals surface area (Å²) in [6.07, 6.45) is 3.17. The van der Waals surface area contributed by atoms with E-state index in [2.05, 4.69) is 75.5 Å². The Kier molecular flexibility index (Phi) is 66.1. The average Bonchev–Trinajstić information content (AvgIpc) is 2.67. The van der Waals surface area contributed by atoms with E-state index < -0.39 is 12.2 Å². The number of thiol groups is 5. The van der Waals surface area contributed by atoms with Crippen LogP contribution in [0, 0.1) is 12.3 Å². The van der Waals surface area contributed by atoms with Crippen molar-refractivity contribution in [1.82, 2.24) is 0 Å². The SMILES string of the molecule is C#CCN.NCCN.NCCS.O[C@H](CS)[C@H](O)CS.SCCS. The number of hydrogen-bond donors (Lipinski definition) is 11. The second kappa shape index (κ2) is 44.0. The molecule has 0 aliphatic carbocycles. The van der Waals surface area contributed by atoms with Gasteiger partial charge in [0.15, 0.2) is 0 Å². The van der Waals surface area contributed by atoms with Crippen molar-refractivity contribution in [3.63, 3.8) is 0 Å². The fourth-order valence-electron chi connectivity index (χ4n) is 0.243. The number of terminal acetylenes is 1. The quantitative estimate of drug-likeness (QED) is 0.184. The summed E-state index contributed by atoms with van der Waals surface area (Å²) in [4.78, 5) is 0. The van der Waals surface area contributed by atoms with Crippen molar-refractivity contribution in [3.05, 3.63) is 0 Å². The van der Waals surface area contributed by atoms with Crippen LogP contribution in [0.1, 0.15) is 0 Å². The lowest BCUT2D eigenvalue weighted by atomic mass is 10.3. The van der Waals surface area contributed by atoms with Crippen LogP contribution in [-0.2, 0) is 0 Å². The molecule has 150 valence electrons. The number of aliphatic hydroxyl groups is 2. The van der Waals surface area contributed by atoms with E-state index in [9.17, 15) is 0 Å². The Hall–Kier alpha value is 1.07. The third-order valence-electron chi connectivity index (χ3n) is 1.33. The fourth-order valence-corrected chi connectivity index (χ4v) is 0.730. The Morgan fingerprint density at radius 2 is 0.958 bits per heavy atom. The molecule has 0 aromatic carbocycles. The molecule has 0 aromatic rings. The first-order valence-electron chi connectivity index (χ1n) is 7.02. The summed E-state index contributed by atoms with van der Waals surface area (Å²) in [5.74, 6) is 5.32. The lowest BCUT2D eigenvalue weighted by Crippen LogP contribution is -2.28. The Balaban J connectivity index is -0.0000000657. The third kappa shape index (κ3) is 65.8. The number of hydrogen-bond acceptors (Lipinski definition) is 11. The lowest BCUT2D eigenvalue weighted by molar-refractivity contribution is 0.0504. The zero-order valence-electron chi connectivity index (χ0n) is 14.0. The topological polar surface area (TPSA) is 145 Å². The molecule has 2 atom stereocenters. The molecule has 0 saturated carbocycles. The molecule has 10 N–H and O–H groups in total. The van der Waals surface area contributed by atoms with Gasteiger partial charge in [0.2, 0.25) is 0 Å². The summed E-state index contributed by atoms with van der Waals surface area (Å²) in [5.41, 5.74) is 19.5. The van der Waals surface area contributed by atoms with Crippen molar-refractivity contribution in [2.24, 2.45) is 22.9 Å². The highest BCUT2D eigenvalue weighted by Gasteiger charge is 2.10. The van der Waals surface area contributed by atoms with Crippen LogP contribution < -0.4 is 22.9 Å². The molecule has 0 aromatic heterocycles. The number of rotatable bonds is 6. The van der Waals surface area contributed by atoms with Gasteiger partial charge in [-0.2, -0.15) is 63.1 Å². The van der Waals surface area contributed by atoms with Crippen molar-refractivity contribution in [1.29, 1.82) is 0 Å². The van der Waals surface area contributed by atoms with Gasteiger partial charge in [0.05, 0.1) is 18.8 Å². The van der Waals surface area contributed by atoms with Gasteiger partial charge < -0.3 is 33.1 Å². The van der Waals surface area contributed by atoms with Gasteiger partial charge in [0.25, 0.3) is 0 Å². The summed E-state index contributed by atoms with van der Waals surface area (Å²) in [6, 6.07) is 0. The average molecular weight is 441 g/mol. The van der Waals surface area contributed by atoms with Crippen LogP contribution in [0.25, 0.3) is 0 Å². The molecule has 0 heterocycles. The first-order valence-corrected chi connectivity index (χ1v) is 10.2. The highest BCUT2D eigenvalue weighted by Crippen LogP contribution is 1.96. The molecule has 0 spiro atoms. The van der Waals surface area contributed by atoms with Crippen LogP contribution in [0.2, 0.25) is 0 Å². The van der Waals surface area contributed by atoms with Crippen LogP contribution in [0.5, 0.6) is 0 Å². The largest absolute Gasteiger partial charge is 0.390 e. The van der Waals surface area contributed by atoms with Gasteiger partial charge in [-0.3, -0.25) is 0 Å². The van der Waals surface area contributed by atoms with E-state index in [1.165, 1.54) is 0 Å². The van der Waals surface area contributed by atoms with E-state index in [1.54, 1.807) is 0 Å². The highest BCUT2D eigenvalue weighted by molar-refractivity contribution is 7.84. The normalized spacial score (nSPS) is 10.6. The fraction of sp³-hybridized carbons (Fsp3) is 0.846. The van der Waals surface area contributed by atoms with Gasteiger partial charge >= 0.3 is 0 Å². The molecule has 0 fully saturated rings. The lowest BCUT2D eigenvalue weighted by Gasteiger charge is -2.11. The molecule has 24 heavy (non-hydrogen) atoms. The molecule has 0 rings (SSSR count). The number of aliphatic hydroxyl groups excluding tert-OH is 2. The zero-order valence-corrected chi connectivity index (χ0v) is 18.5. The summed E-state index contributed by atoms with van der Waals surface area (Å²) in [6.45, 7) is 2.23. The van der Waals surface area contributed by atoms with Crippen LogP contribution in [0.3, 0.4) is 0 Å². The molecule has 11 heteroatoms. The minimum Gasteiger partial charge on any atom is -0.390 e. The molecular formula is C13H36N4O2S5. The Labute approximate surface area is 175 Å². The van der Waals surface area contributed by atoms with Crippen molar-refractivity contribution in [3.8, 4) is 12.3 Å². The molecule has 0 aliphatic heterocycles. The monoisotopic (exact) mass is 440 g/mol. The first kappa shape index (κ1) is 36.1. The summed E-state index contributed by atoms with van der Waals surface area (Å²) >= 11 is 19.0. The van der Waals surface area contributed by atoms with E-state index in [-0.39, 0.29) is 11.5 Å². The standard InChI is InChI=1S/C4H10O2S2.C3H5N.C2H8N2.C2H7NS.C2H6S2/c5-3(1-7)4(6)2-8;1-2-3-4;3*3-1-2-4/h3-8H,1-2H2;1H,3-4H2;1-4H2;4H,1-3H2;3-4H,1-2H2/t3-,4-;;;;/m1..../s1. The second-order valence-corrected chi connectivity index (χ2v) is 5.52. The minimum atomic E-state index is -0.740. The van der Waals surface area contributed by atoms with Gasteiger partial charge in [0, 0.05) is 36.9 Å². The predicted molar refractivity (Wildman–Crippen MR) is 126 cm³/mol. The van der Waals surface area contributed by atoms with Crippen LogP contribution in [0.4, 0.5) is 0 Å². The molecule has 6 nitrogen and oxygen atoms in total. The summed E-state index contributed by atoms with van der Waals surface area (Å²) < 4.78 is 0. The Bertz CT molecular complexity index is 192. The van der Waals surface area contributed by atoms with Crippen molar-refractivity contribution < 1.29 is 10.2 Å². The molecule has 0 saturated heterocycles. The van der Waals surface area contributed by atoms with Gasteiger partial charge in [-0.25, -0.2) is 0 Å². The van der Waals surface area contributed by atoms with E-state index in [4.69, 9.17) is 33.1 Å². The zero-order chi connectivity index (χ0) is 20.2. The van der Waals surface area contributed by atoms with E-state index in [0.717, 1.165) is 17.3 Å². The Morgan fingerprint density at radius 1 is 0.708 bits per heavy atom. The maximum atomic E-state index is 8.75. The van der Waals surface area contributed by atoms with Gasteiger partial charge in [-0.15, -0.1) is 6.42 Å². The van der Waals surface area contributed by atoms with Crippen molar-refractivity contribution in [2.75, 3.05) is 54.9 Å². The third-order valence-corrected chi connectivity index (χ3v) is 3.14. The van der Waals surface area contributed by atoms with Crippen molar-refractivity contribution >= 4 is 63.1 Å².